The van der Waals surface area contributed by atoms with Crippen molar-refractivity contribution in [2.75, 3.05) is 19.7 Å². The number of rotatable bonds is 8. The molecule has 0 atom stereocenters. The molecule has 0 fully saturated rings. The summed E-state index contributed by atoms with van der Waals surface area (Å²) in [5.41, 5.74) is 6.66. The maximum atomic E-state index is 5.65. The SMILES string of the molecule is C=C(C)CN=C(N)NCCCCOC(C)C.I. The molecule has 0 aliphatic heterocycles. The van der Waals surface area contributed by atoms with Crippen LogP contribution >= 0.6 is 24.0 Å². The molecule has 0 saturated carbocycles. The molecule has 0 aliphatic carbocycles. The highest BCUT2D eigenvalue weighted by Gasteiger charge is 1.94. The summed E-state index contributed by atoms with van der Waals surface area (Å²) in [5.74, 6) is 0.493. The molecule has 0 amide bonds. The van der Waals surface area contributed by atoms with Gasteiger partial charge in [0.2, 0.25) is 0 Å². The van der Waals surface area contributed by atoms with Crippen LogP contribution in [-0.4, -0.2) is 31.8 Å². The highest BCUT2D eigenvalue weighted by Crippen LogP contribution is 1.93. The van der Waals surface area contributed by atoms with Gasteiger partial charge in [-0.3, -0.25) is 0 Å². The fourth-order valence-corrected chi connectivity index (χ4v) is 1.04. The van der Waals surface area contributed by atoms with E-state index in [2.05, 4.69) is 16.9 Å². The first-order valence-corrected chi connectivity index (χ1v) is 5.82. The van der Waals surface area contributed by atoms with Crippen molar-refractivity contribution in [1.82, 2.24) is 5.32 Å². The predicted octanol–water partition coefficient (Wildman–Crippen LogP) is 2.29. The number of hydrogen-bond acceptors (Lipinski definition) is 2. The van der Waals surface area contributed by atoms with E-state index in [-0.39, 0.29) is 24.0 Å². The summed E-state index contributed by atoms with van der Waals surface area (Å²) in [7, 11) is 0. The summed E-state index contributed by atoms with van der Waals surface area (Å²) < 4.78 is 5.43. The zero-order valence-electron chi connectivity index (χ0n) is 11.2. The molecule has 17 heavy (non-hydrogen) atoms. The maximum absolute atomic E-state index is 5.65. The number of nitrogens with zero attached hydrogens (tertiary/aromatic N) is 1. The van der Waals surface area contributed by atoms with Crippen molar-refractivity contribution >= 4 is 29.9 Å². The first-order valence-electron chi connectivity index (χ1n) is 5.82. The lowest BCUT2D eigenvalue weighted by atomic mass is 10.3. The summed E-state index contributed by atoms with van der Waals surface area (Å²) in [5, 5.41) is 3.06. The molecular formula is C12H26IN3O. The topological polar surface area (TPSA) is 59.6 Å². The number of aliphatic imine (C=N–C) groups is 1. The van der Waals surface area contributed by atoms with E-state index >= 15 is 0 Å². The van der Waals surface area contributed by atoms with E-state index in [9.17, 15) is 0 Å². The van der Waals surface area contributed by atoms with Crippen LogP contribution in [0.5, 0.6) is 0 Å². The molecule has 0 aromatic rings. The predicted molar refractivity (Wildman–Crippen MR) is 85.0 cm³/mol. The number of hydrogen-bond donors (Lipinski definition) is 2. The van der Waals surface area contributed by atoms with Crippen molar-refractivity contribution in [2.45, 2.75) is 39.7 Å². The Morgan fingerprint density at radius 1 is 1.41 bits per heavy atom. The van der Waals surface area contributed by atoms with Gasteiger partial charge >= 0.3 is 0 Å². The van der Waals surface area contributed by atoms with Crippen LogP contribution in [0.1, 0.15) is 33.6 Å². The van der Waals surface area contributed by atoms with Gasteiger partial charge in [-0.25, -0.2) is 4.99 Å². The second-order valence-corrected chi connectivity index (χ2v) is 4.21. The maximum Gasteiger partial charge on any atom is 0.188 e. The zero-order valence-corrected chi connectivity index (χ0v) is 13.5. The second-order valence-electron chi connectivity index (χ2n) is 4.21. The second kappa shape index (κ2) is 12.2. The van der Waals surface area contributed by atoms with Gasteiger partial charge in [0.15, 0.2) is 5.96 Å². The fraction of sp³-hybridized carbons (Fsp3) is 0.750. The summed E-state index contributed by atoms with van der Waals surface area (Å²) in [6, 6.07) is 0. The third-order valence-corrected chi connectivity index (χ3v) is 1.85. The van der Waals surface area contributed by atoms with Crippen molar-refractivity contribution in [2.24, 2.45) is 10.7 Å². The van der Waals surface area contributed by atoms with E-state index in [0.29, 0.717) is 18.6 Å². The number of unbranched alkanes of at least 4 members (excludes halogenated alkanes) is 1. The van der Waals surface area contributed by atoms with Crippen LogP contribution in [0.15, 0.2) is 17.1 Å². The first-order chi connectivity index (χ1) is 7.52. The molecule has 0 unspecified atom stereocenters. The molecule has 0 aromatic heterocycles. The van der Waals surface area contributed by atoms with E-state index in [0.717, 1.165) is 31.6 Å². The van der Waals surface area contributed by atoms with Gasteiger partial charge in [0, 0.05) is 13.2 Å². The van der Waals surface area contributed by atoms with Gasteiger partial charge in [-0.15, -0.1) is 24.0 Å². The largest absolute Gasteiger partial charge is 0.379 e. The van der Waals surface area contributed by atoms with Gasteiger partial charge in [-0.2, -0.15) is 0 Å². The van der Waals surface area contributed by atoms with E-state index in [1.54, 1.807) is 0 Å². The van der Waals surface area contributed by atoms with Gasteiger partial charge in [-0.1, -0.05) is 12.2 Å². The highest BCUT2D eigenvalue weighted by molar-refractivity contribution is 14.0. The monoisotopic (exact) mass is 355 g/mol. The molecule has 0 aromatic carbocycles. The Bertz CT molecular complexity index is 230. The normalized spacial score (nSPS) is 11.2. The minimum absolute atomic E-state index is 0. The summed E-state index contributed by atoms with van der Waals surface area (Å²) in [4.78, 5) is 4.12. The molecule has 0 heterocycles. The van der Waals surface area contributed by atoms with Crippen LogP contribution < -0.4 is 11.1 Å². The van der Waals surface area contributed by atoms with E-state index in [1.165, 1.54) is 0 Å². The molecule has 0 radical (unpaired) electrons. The van der Waals surface area contributed by atoms with Gasteiger partial charge in [0.25, 0.3) is 0 Å². The lowest BCUT2D eigenvalue weighted by molar-refractivity contribution is 0.0762. The lowest BCUT2D eigenvalue weighted by Gasteiger charge is -2.08. The summed E-state index contributed by atoms with van der Waals surface area (Å²) in [6.07, 6.45) is 2.39. The average Bonchev–Trinajstić information content (AvgIpc) is 2.19. The van der Waals surface area contributed by atoms with Crippen LogP contribution in [0.4, 0.5) is 0 Å². The highest BCUT2D eigenvalue weighted by atomic mass is 127. The molecule has 0 spiro atoms. The molecule has 4 nitrogen and oxygen atoms in total. The Hall–Kier alpha value is -0.300. The average molecular weight is 355 g/mol. The molecule has 5 heteroatoms. The molecule has 0 aliphatic rings. The van der Waals surface area contributed by atoms with Gasteiger partial charge in [0.1, 0.15) is 0 Å². The minimum atomic E-state index is 0. The van der Waals surface area contributed by atoms with Crippen molar-refractivity contribution in [3.63, 3.8) is 0 Å². The van der Waals surface area contributed by atoms with Crippen molar-refractivity contribution in [3.8, 4) is 0 Å². The number of nitrogens with two attached hydrogens (primary N) is 1. The van der Waals surface area contributed by atoms with Crippen LogP contribution in [0, 0.1) is 0 Å². The van der Waals surface area contributed by atoms with E-state index < -0.39 is 0 Å². The third kappa shape index (κ3) is 15.7. The molecule has 0 rings (SSSR count). The Morgan fingerprint density at radius 3 is 2.59 bits per heavy atom. The minimum Gasteiger partial charge on any atom is -0.379 e. The van der Waals surface area contributed by atoms with Gasteiger partial charge in [-0.05, 0) is 33.6 Å². The molecular weight excluding hydrogens is 329 g/mol. The summed E-state index contributed by atoms with van der Waals surface area (Å²) in [6.45, 7) is 12.0. The molecule has 3 N–H and O–H groups in total. The Balaban J connectivity index is 0. The number of nitrogens with one attached hydrogen (secondary N) is 1. The Labute approximate surface area is 122 Å². The van der Waals surface area contributed by atoms with Crippen LogP contribution in [-0.2, 0) is 4.74 Å². The Morgan fingerprint density at radius 2 is 2.06 bits per heavy atom. The quantitative estimate of drug-likeness (QED) is 0.231. The number of guanidine groups is 1. The molecule has 102 valence electrons. The van der Waals surface area contributed by atoms with Crippen molar-refractivity contribution in [1.29, 1.82) is 0 Å². The molecule has 0 saturated heterocycles. The van der Waals surface area contributed by atoms with Crippen LogP contribution in [0.25, 0.3) is 0 Å². The first kappa shape index (κ1) is 19.0. The third-order valence-electron chi connectivity index (χ3n) is 1.85. The standard InChI is InChI=1S/C12H25N3O.HI/c1-10(2)9-15-12(13)14-7-5-6-8-16-11(3)4;/h11H,1,5-9H2,2-4H3,(H3,13,14,15);1H. The fourth-order valence-electron chi connectivity index (χ4n) is 1.04. The lowest BCUT2D eigenvalue weighted by Crippen LogP contribution is -2.32. The number of halogens is 1. The zero-order chi connectivity index (χ0) is 12.4. The van der Waals surface area contributed by atoms with Crippen LogP contribution in [0.2, 0.25) is 0 Å². The van der Waals surface area contributed by atoms with Crippen molar-refractivity contribution < 1.29 is 4.74 Å². The van der Waals surface area contributed by atoms with Gasteiger partial charge < -0.3 is 15.8 Å². The Kier molecular flexibility index (Phi) is 13.6. The van der Waals surface area contributed by atoms with Crippen LogP contribution in [0.3, 0.4) is 0 Å². The molecule has 0 bridgehead atoms. The summed E-state index contributed by atoms with van der Waals surface area (Å²) >= 11 is 0. The number of ether oxygens (including phenoxy) is 1. The van der Waals surface area contributed by atoms with Crippen molar-refractivity contribution in [3.05, 3.63) is 12.2 Å². The van der Waals surface area contributed by atoms with E-state index in [4.69, 9.17) is 10.5 Å². The van der Waals surface area contributed by atoms with E-state index in [1.807, 2.05) is 20.8 Å². The smallest absolute Gasteiger partial charge is 0.188 e. The van der Waals surface area contributed by atoms with Gasteiger partial charge in [0.05, 0.1) is 12.6 Å².